The summed E-state index contributed by atoms with van der Waals surface area (Å²) in [7, 11) is 0. The summed E-state index contributed by atoms with van der Waals surface area (Å²) in [5.41, 5.74) is 5.09. The molecule has 0 aromatic heterocycles. The predicted molar refractivity (Wildman–Crippen MR) is 68.9 cm³/mol. The summed E-state index contributed by atoms with van der Waals surface area (Å²) in [6.07, 6.45) is -0.0367. The van der Waals surface area contributed by atoms with E-state index in [9.17, 15) is 19.2 Å². The number of Topliss-reactive ketones (excluding diaryl/α,β-unsaturated/α-hetero) is 2. The Morgan fingerprint density at radius 1 is 1.30 bits per heavy atom. The molecular weight excluding hydrogens is 266 g/mol. The molecule has 8 heteroatoms. The number of likely N-dealkylation sites (tertiary alicyclic amines) is 1. The quantitative estimate of drug-likeness (QED) is 0.523. The van der Waals surface area contributed by atoms with E-state index in [2.05, 4.69) is 0 Å². The maximum Gasteiger partial charge on any atom is 0.317 e. The van der Waals surface area contributed by atoms with Crippen LogP contribution in [0.4, 0.5) is 0 Å². The molecule has 0 aromatic carbocycles. The highest BCUT2D eigenvalue weighted by atomic mass is 16.4. The molecule has 0 aliphatic carbocycles. The van der Waals surface area contributed by atoms with Crippen molar-refractivity contribution in [3.8, 4) is 0 Å². The van der Waals surface area contributed by atoms with Crippen molar-refractivity contribution in [3.05, 3.63) is 0 Å². The fourth-order valence-electron chi connectivity index (χ4n) is 2.25. The lowest BCUT2D eigenvalue weighted by molar-refractivity contribution is -0.140. The molecule has 1 aliphatic heterocycles. The van der Waals surface area contributed by atoms with Gasteiger partial charge in [-0.3, -0.25) is 29.0 Å². The molecule has 0 radical (unpaired) electrons. The first-order chi connectivity index (χ1) is 9.27. The van der Waals surface area contributed by atoms with E-state index >= 15 is 0 Å². The van der Waals surface area contributed by atoms with Crippen molar-refractivity contribution in [3.63, 3.8) is 0 Å². The topological polar surface area (TPSA) is 121 Å². The van der Waals surface area contributed by atoms with Crippen molar-refractivity contribution in [2.24, 2.45) is 5.73 Å². The number of carbonyl (C=O) groups is 4. The average molecular weight is 285 g/mol. The zero-order chi connectivity index (χ0) is 15.3. The molecule has 0 bridgehead atoms. The number of piperidine rings is 1. The minimum atomic E-state index is -1.07. The van der Waals surface area contributed by atoms with E-state index in [1.807, 2.05) is 0 Å². The van der Waals surface area contributed by atoms with Crippen molar-refractivity contribution < 1.29 is 24.3 Å². The van der Waals surface area contributed by atoms with E-state index in [0.717, 1.165) is 0 Å². The van der Waals surface area contributed by atoms with Crippen LogP contribution < -0.4 is 5.73 Å². The highest BCUT2D eigenvalue weighted by molar-refractivity contribution is 6.03. The zero-order valence-corrected chi connectivity index (χ0v) is 11.4. The summed E-state index contributed by atoms with van der Waals surface area (Å²) in [5.74, 6) is -1.98. The summed E-state index contributed by atoms with van der Waals surface area (Å²) in [6, 6.07) is -0.308. The van der Waals surface area contributed by atoms with Gasteiger partial charge in [-0.1, -0.05) is 0 Å². The normalized spacial score (nSPS) is 18.3. The summed E-state index contributed by atoms with van der Waals surface area (Å²) >= 11 is 0. The van der Waals surface area contributed by atoms with Crippen LogP contribution in [0.1, 0.15) is 13.3 Å². The highest BCUT2D eigenvalue weighted by Gasteiger charge is 2.27. The highest BCUT2D eigenvalue weighted by Crippen LogP contribution is 2.07. The van der Waals surface area contributed by atoms with Gasteiger partial charge in [0.15, 0.2) is 11.6 Å². The third-order valence-corrected chi connectivity index (χ3v) is 3.04. The summed E-state index contributed by atoms with van der Waals surface area (Å²) in [4.78, 5) is 47.5. The fraction of sp³-hybridized carbons (Fsp3) is 0.667. The lowest BCUT2D eigenvalue weighted by Gasteiger charge is -2.32. The van der Waals surface area contributed by atoms with Crippen LogP contribution in [0.25, 0.3) is 0 Å². The Bertz CT molecular complexity index is 391. The summed E-state index contributed by atoms with van der Waals surface area (Å²) in [6.45, 7) is 1.91. The molecule has 0 aromatic rings. The van der Waals surface area contributed by atoms with Crippen LogP contribution in [0.3, 0.4) is 0 Å². The van der Waals surface area contributed by atoms with Gasteiger partial charge < -0.3 is 10.8 Å². The van der Waals surface area contributed by atoms with Crippen molar-refractivity contribution in [2.75, 3.05) is 32.7 Å². The fourth-order valence-corrected chi connectivity index (χ4v) is 2.25. The molecule has 1 amide bonds. The Morgan fingerprint density at radius 2 is 1.85 bits per heavy atom. The number of hydrogen-bond donors (Lipinski definition) is 2. The van der Waals surface area contributed by atoms with Gasteiger partial charge in [0.2, 0.25) is 5.91 Å². The predicted octanol–water partition coefficient (Wildman–Crippen LogP) is -1.91. The lowest BCUT2D eigenvalue weighted by Crippen LogP contribution is -2.51. The van der Waals surface area contributed by atoms with Crippen LogP contribution in [-0.4, -0.2) is 77.1 Å². The SMILES string of the molecule is C[C@@H](CN1CC(=O)CC(=O)C1)N(CC(N)=O)CC(=O)O. The number of primary amides is 1. The molecule has 20 heavy (non-hydrogen) atoms. The molecule has 0 saturated carbocycles. The number of nitrogens with two attached hydrogens (primary N) is 1. The van der Waals surface area contributed by atoms with Crippen molar-refractivity contribution >= 4 is 23.4 Å². The molecule has 8 nitrogen and oxygen atoms in total. The van der Waals surface area contributed by atoms with Gasteiger partial charge in [-0.15, -0.1) is 0 Å². The van der Waals surface area contributed by atoms with Crippen LogP contribution in [0.5, 0.6) is 0 Å². The Hall–Kier alpha value is -1.80. The van der Waals surface area contributed by atoms with Crippen LogP contribution in [0.15, 0.2) is 0 Å². The van der Waals surface area contributed by atoms with Crippen LogP contribution in [0, 0.1) is 0 Å². The standard InChI is InChI=1S/C12H19N3O5/c1-8(15(6-11(13)18)7-12(19)20)3-14-4-9(16)2-10(17)5-14/h8H,2-7H2,1H3,(H2,13,18)(H,19,20)/t8-/m0/s1. The van der Waals surface area contributed by atoms with Gasteiger partial charge in [0.05, 0.1) is 32.6 Å². The Balaban J connectivity index is 2.62. The third kappa shape index (κ3) is 5.45. The second-order valence-electron chi connectivity index (χ2n) is 5.04. The van der Waals surface area contributed by atoms with E-state index in [1.54, 1.807) is 11.8 Å². The molecule has 1 fully saturated rings. The van der Waals surface area contributed by atoms with E-state index in [0.29, 0.717) is 6.54 Å². The number of hydrogen-bond acceptors (Lipinski definition) is 6. The smallest absolute Gasteiger partial charge is 0.317 e. The van der Waals surface area contributed by atoms with Gasteiger partial charge in [-0.25, -0.2) is 0 Å². The van der Waals surface area contributed by atoms with E-state index in [-0.39, 0.29) is 50.2 Å². The number of ketones is 2. The molecule has 3 N–H and O–H groups in total. The van der Waals surface area contributed by atoms with Crippen LogP contribution in [-0.2, 0) is 19.2 Å². The largest absolute Gasteiger partial charge is 0.480 e. The molecular formula is C12H19N3O5. The Kier molecular flexibility index (Phi) is 5.78. The van der Waals surface area contributed by atoms with Crippen molar-refractivity contribution in [1.82, 2.24) is 9.80 Å². The third-order valence-electron chi connectivity index (χ3n) is 3.04. The van der Waals surface area contributed by atoms with Crippen LogP contribution >= 0.6 is 0 Å². The summed E-state index contributed by atoms with van der Waals surface area (Å²) < 4.78 is 0. The number of amides is 1. The number of carboxylic acids is 1. The van der Waals surface area contributed by atoms with Gasteiger partial charge in [0.25, 0.3) is 0 Å². The number of aliphatic carboxylic acids is 1. The molecule has 1 aliphatic rings. The number of carbonyl (C=O) groups excluding carboxylic acids is 3. The zero-order valence-electron chi connectivity index (χ0n) is 11.4. The number of rotatable bonds is 7. The second-order valence-corrected chi connectivity index (χ2v) is 5.04. The maximum absolute atomic E-state index is 11.3. The Labute approximate surface area is 116 Å². The molecule has 112 valence electrons. The Morgan fingerprint density at radius 3 is 2.30 bits per heavy atom. The summed E-state index contributed by atoms with van der Waals surface area (Å²) in [5, 5.41) is 8.82. The molecule has 0 spiro atoms. The average Bonchev–Trinajstić information content (AvgIpc) is 2.24. The van der Waals surface area contributed by atoms with E-state index < -0.39 is 11.9 Å². The number of nitrogens with zero attached hydrogens (tertiary/aromatic N) is 2. The van der Waals surface area contributed by atoms with E-state index in [4.69, 9.17) is 10.8 Å². The minimum absolute atomic E-state index is 0.0367. The first-order valence-electron chi connectivity index (χ1n) is 6.28. The van der Waals surface area contributed by atoms with E-state index in [1.165, 1.54) is 4.90 Å². The van der Waals surface area contributed by atoms with Crippen molar-refractivity contribution in [2.45, 2.75) is 19.4 Å². The molecule has 0 unspecified atom stereocenters. The minimum Gasteiger partial charge on any atom is -0.480 e. The molecule has 1 atom stereocenters. The van der Waals surface area contributed by atoms with Crippen molar-refractivity contribution in [1.29, 1.82) is 0 Å². The van der Waals surface area contributed by atoms with Gasteiger partial charge in [0.1, 0.15) is 0 Å². The molecule has 1 saturated heterocycles. The molecule has 1 heterocycles. The molecule has 1 rings (SSSR count). The lowest BCUT2D eigenvalue weighted by atomic mass is 10.1. The van der Waals surface area contributed by atoms with Gasteiger partial charge in [0, 0.05) is 12.6 Å². The van der Waals surface area contributed by atoms with Crippen LogP contribution in [0.2, 0.25) is 0 Å². The monoisotopic (exact) mass is 285 g/mol. The van der Waals surface area contributed by atoms with Gasteiger partial charge >= 0.3 is 5.97 Å². The van der Waals surface area contributed by atoms with Gasteiger partial charge in [-0.2, -0.15) is 0 Å². The first-order valence-corrected chi connectivity index (χ1v) is 6.28. The van der Waals surface area contributed by atoms with Gasteiger partial charge in [-0.05, 0) is 6.92 Å². The second kappa shape index (κ2) is 7.11. The first kappa shape index (κ1) is 16.3. The maximum atomic E-state index is 11.3. The number of carboxylic acid groups (broad SMARTS) is 1.